The van der Waals surface area contributed by atoms with Crippen LogP contribution in [0.2, 0.25) is 0 Å². The minimum atomic E-state index is -4.69. The van der Waals surface area contributed by atoms with Gasteiger partial charge in [0.05, 0.1) is 39.9 Å². The largest absolute Gasteiger partial charge is 0.756 e. The average molecular weight is 1100 g/mol. The van der Waals surface area contributed by atoms with Gasteiger partial charge in [0.25, 0.3) is 7.82 Å². The number of allylic oxidation sites excluding steroid dienone is 10. The standard InChI is InChI=1S/C67H127N2O7P/c1-6-8-10-12-14-16-18-20-21-22-23-24-25-26-27-28-29-30-31-32-33-34-35-36-37-38-39-40-41-42-43-44-45-46-47-48-50-52-54-56-58-60-66(71)68-64(63-76-77(73,74)75-62-61-69(3,4)5)67(72)65(70)59-57-55-53-51-49-19-17-15-13-11-9-7-2/h7,9,15,17-18,20,22-23,51,53,64-65,67,70,72H,6,8,10-14,16,19,21,24-50,52,54-63H2,1-5H3,(H-,68,71,73,74)/b9-7+,17-15+,20-18-,23-22-,53-51+. The van der Waals surface area contributed by atoms with Gasteiger partial charge >= 0.3 is 0 Å². The summed E-state index contributed by atoms with van der Waals surface area (Å²) in [5, 5.41) is 24.7. The molecular formula is C67H127N2O7P. The second-order valence-electron chi connectivity index (χ2n) is 23.6. The quantitative estimate of drug-likeness (QED) is 0.0239. The summed E-state index contributed by atoms with van der Waals surface area (Å²) in [6.45, 7) is 4.20. The fourth-order valence-electron chi connectivity index (χ4n) is 9.74. The zero-order valence-electron chi connectivity index (χ0n) is 51.3. The van der Waals surface area contributed by atoms with E-state index >= 15 is 0 Å². The van der Waals surface area contributed by atoms with E-state index in [1.165, 1.54) is 205 Å². The molecule has 0 radical (unpaired) electrons. The molecule has 0 aliphatic heterocycles. The van der Waals surface area contributed by atoms with Crippen molar-refractivity contribution in [2.45, 2.75) is 321 Å². The maximum absolute atomic E-state index is 13.0. The number of aliphatic hydroxyl groups excluding tert-OH is 2. The molecule has 452 valence electrons. The summed E-state index contributed by atoms with van der Waals surface area (Å²) in [5.74, 6) is -0.291. The number of hydrogen-bond acceptors (Lipinski definition) is 7. The third-order valence-corrected chi connectivity index (χ3v) is 15.8. The number of amides is 1. The van der Waals surface area contributed by atoms with E-state index in [-0.39, 0.29) is 18.9 Å². The van der Waals surface area contributed by atoms with Crippen LogP contribution in [-0.4, -0.2) is 79.8 Å². The van der Waals surface area contributed by atoms with Gasteiger partial charge in [-0.3, -0.25) is 9.36 Å². The number of quaternary nitrogens is 1. The first-order valence-electron chi connectivity index (χ1n) is 32.7. The number of unbranched alkanes of at least 4 members (excludes halogenated alkanes) is 37. The Balaban J connectivity index is 3.89. The minimum absolute atomic E-state index is 0.0501. The van der Waals surface area contributed by atoms with Gasteiger partial charge in [0.1, 0.15) is 19.3 Å². The summed E-state index contributed by atoms with van der Waals surface area (Å²) in [7, 11) is 1.10. The number of rotatable bonds is 60. The molecule has 0 aromatic carbocycles. The smallest absolute Gasteiger partial charge is 0.268 e. The molecule has 0 saturated heterocycles. The number of likely N-dealkylation sites (N-methyl/N-ethyl adjacent to an activating group) is 1. The van der Waals surface area contributed by atoms with Crippen LogP contribution in [0.5, 0.6) is 0 Å². The maximum Gasteiger partial charge on any atom is 0.268 e. The van der Waals surface area contributed by atoms with Gasteiger partial charge in [-0.1, -0.05) is 267 Å². The van der Waals surface area contributed by atoms with Crippen LogP contribution < -0.4 is 10.2 Å². The highest BCUT2D eigenvalue weighted by Crippen LogP contribution is 2.38. The fraction of sp³-hybridized carbons (Fsp3) is 0.836. The van der Waals surface area contributed by atoms with Crippen molar-refractivity contribution in [3.05, 3.63) is 60.8 Å². The molecule has 0 aromatic heterocycles. The summed E-state index contributed by atoms with van der Waals surface area (Å²) in [4.78, 5) is 25.5. The topological polar surface area (TPSA) is 128 Å². The molecule has 0 aliphatic rings. The number of nitrogens with zero attached hydrogens (tertiary/aromatic N) is 1. The second-order valence-corrected chi connectivity index (χ2v) is 25.0. The zero-order chi connectivity index (χ0) is 56.4. The van der Waals surface area contributed by atoms with Crippen molar-refractivity contribution in [2.75, 3.05) is 40.9 Å². The molecule has 10 heteroatoms. The monoisotopic (exact) mass is 1100 g/mol. The van der Waals surface area contributed by atoms with Crippen LogP contribution in [-0.2, 0) is 18.4 Å². The van der Waals surface area contributed by atoms with Crippen LogP contribution in [0.25, 0.3) is 0 Å². The van der Waals surface area contributed by atoms with E-state index in [2.05, 4.69) is 73.0 Å². The molecule has 77 heavy (non-hydrogen) atoms. The summed E-state index contributed by atoms with van der Waals surface area (Å²) in [6.07, 6.45) is 75.1. The molecule has 0 saturated carbocycles. The van der Waals surface area contributed by atoms with Crippen molar-refractivity contribution in [1.29, 1.82) is 0 Å². The molecular weight excluding hydrogens is 976 g/mol. The Labute approximate surface area is 477 Å². The van der Waals surface area contributed by atoms with E-state index in [9.17, 15) is 24.5 Å². The van der Waals surface area contributed by atoms with Crippen LogP contribution in [0.1, 0.15) is 303 Å². The molecule has 0 aliphatic carbocycles. The molecule has 3 N–H and O–H groups in total. The van der Waals surface area contributed by atoms with E-state index in [1.807, 2.05) is 28.1 Å². The van der Waals surface area contributed by atoms with E-state index in [0.717, 1.165) is 57.8 Å². The molecule has 0 spiro atoms. The first-order chi connectivity index (χ1) is 37.4. The minimum Gasteiger partial charge on any atom is -0.756 e. The Kier molecular flexibility index (Phi) is 56.0. The third-order valence-electron chi connectivity index (χ3n) is 14.9. The highest BCUT2D eigenvalue weighted by atomic mass is 31.2. The lowest BCUT2D eigenvalue weighted by molar-refractivity contribution is -0.870. The average Bonchev–Trinajstić information content (AvgIpc) is 3.39. The van der Waals surface area contributed by atoms with Gasteiger partial charge < -0.3 is 34.0 Å². The van der Waals surface area contributed by atoms with Crippen molar-refractivity contribution >= 4 is 13.7 Å². The van der Waals surface area contributed by atoms with Crippen molar-refractivity contribution in [3.8, 4) is 0 Å². The Bertz CT molecular complexity index is 1460. The first-order valence-corrected chi connectivity index (χ1v) is 34.1. The summed E-state index contributed by atoms with van der Waals surface area (Å²) in [5.41, 5.74) is 0. The van der Waals surface area contributed by atoms with E-state index < -0.39 is 32.7 Å². The molecule has 4 atom stereocenters. The number of aliphatic hydroxyl groups is 2. The highest BCUT2D eigenvalue weighted by molar-refractivity contribution is 7.45. The SMILES string of the molecule is C/C=C/CC/C=C/CC/C=C/CCCC(O)C(O)C(COP(=O)([O-])OCC[N+](C)(C)C)NC(=O)CCCCCCCCCCCCCCCCCCCCCCCCCCCCCCC/C=C\C/C=C\CCCCCCC. The zero-order valence-corrected chi connectivity index (χ0v) is 52.2. The van der Waals surface area contributed by atoms with Crippen molar-refractivity contribution in [1.82, 2.24) is 5.32 Å². The van der Waals surface area contributed by atoms with Crippen LogP contribution in [0.15, 0.2) is 60.8 Å². The highest BCUT2D eigenvalue weighted by Gasteiger charge is 2.29. The van der Waals surface area contributed by atoms with Gasteiger partial charge in [0.15, 0.2) is 0 Å². The molecule has 0 bridgehead atoms. The number of hydrogen-bond donors (Lipinski definition) is 3. The Hall–Kier alpha value is -1.84. The third kappa shape index (κ3) is 58.6. The summed E-state index contributed by atoms with van der Waals surface area (Å²) in [6, 6.07) is -1.10. The van der Waals surface area contributed by atoms with Gasteiger partial charge in [-0.2, -0.15) is 0 Å². The van der Waals surface area contributed by atoms with Crippen LogP contribution in [0.4, 0.5) is 0 Å². The maximum atomic E-state index is 13.0. The lowest BCUT2D eigenvalue weighted by Gasteiger charge is -2.31. The fourth-order valence-corrected chi connectivity index (χ4v) is 10.5. The number of nitrogens with one attached hydrogen (secondary N) is 1. The van der Waals surface area contributed by atoms with Crippen molar-refractivity contribution in [3.63, 3.8) is 0 Å². The molecule has 1 amide bonds. The predicted molar refractivity (Wildman–Crippen MR) is 331 cm³/mol. The van der Waals surface area contributed by atoms with Crippen LogP contribution in [0, 0.1) is 0 Å². The van der Waals surface area contributed by atoms with Crippen LogP contribution in [0.3, 0.4) is 0 Å². The Morgan fingerprint density at radius 1 is 0.494 bits per heavy atom. The van der Waals surface area contributed by atoms with E-state index in [1.54, 1.807) is 0 Å². The predicted octanol–water partition coefficient (Wildman–Crippen LogP) is 18.8. The second kappa shape index (κ2) is 57.4. The molecule has 0 aromatic rings. The summed E-state index contributed by atoms with van der Waals surface area (Å²) < 4.78 is 23.2. The molecule has 9 nitrogen and oxygen atoms in total. The van der Waals surface area contributed by atoms with Crippen molar-refractivity contribution < 1.29 is 38.0 Å². The van der Waals surface area contributed by atoms with E-state index in [4.69, 9.17) is 9.05 Å². The van der Waals surface area contributed by atoms with Crippen molar-refractivity contribution in [2.24, 2.45) is 0 Å². The van der Waals surface area contributed by atoms with Gasteiger partial charge in [0.2, 0.25) is 5.91 Å². The Morgan fingerprint density at radius 2 is 0.844 bits per heavy atom. The lowest BCUT2D eigenvalue weighted by Crippen LogP contribution is -2.51. The number of phosphoric ester groups is 1. The van der Waals surface area contributed by atoms with Gasteiger partial charge in [-0.05, 0) is 90.4 Å². The van der Waals surface area contributed by atoms with Gasteiger partial charge in [-0.15, -0.1) is 0 Å². The number of carbonyl (C=O) groups excluding carboxylic acids is 1. The molecule has 0 rings (SSSR count). The normalized spacial score (nSPS) is 14.5. The number of carbonyl (C=O) groups is 1. The summed E-state index contributed by atoms with van der Waals surface area (Å²) >= 11 is 0. The van der Waals surface area contributed by atoms with Gasteiger partial charge in [-0.25, -0.2) is 0 Å². The lowest BCUT2D eigenvalue weighted by atomic mass is 10.0. The molecule has 4 unspecified atom stereocenters. The number of phosphoric acid groups is 1. The van der Waals surface area contributed by atoms with E-state index in [0.29, 0.717) is 30.3 Å². The van der Waals surface area contributed by atoms with Crippen LogP contribution >= 0.6 is 7.82 Å². The first kappa shape index (κ1) is 75.2. The van der Waals surface area contributed by atoms with Gasteiger partial charge in [0, 0.05) is 6.42 Å². The Morgan fingerprint density at radius 3 is 1.25 bits per heavy atom. The molecule has 0 heterocycles. The molecule has 0 fully saturated rings.